The minimum Gasteiger partial charge on any atom is -0.345 e. The zero-order chi connectivity index (χ0) is 15.5. The van der Waals surface area contributed by atoms with E-state index in [0.717, 1.165) is 25.8 Å². The van der Waals surface area contributed by atoms with Gasteiger partial charge in [0, 0.05) is 37.9 Å². The molecule has 0 aliphatic heterocycles. The molecule has 136 valence electrons. The van der Waals surface area contributed by atoms with Gasteiger partial charge in [0.25, 0.3) is 0 Å². The monoisotopic (exact) mass is 373 g/mol. The summed E-state index contributed by atoms with van der Waals surface area (Å²) in [5.41, 5.74) is 7.56. The highest BCUT2D eigenvalue weighted by atomic mass is 35.5. The number of pyridine rings is 1. The second-order valence-corrected chi connectivity index (χ2v) is 7.06. The highest BCUT2D eigenvalue weighted by molar-refractivity contribution is 5.85. The first kappa shape index (κ1) is 21.2. The molecule has 1 heterocycles. The average Bonchev–Trinajstić information content (AvgIpc) is 2.52. The predicted molar refractivity (Wildman–Crippen MR) is 102 cm³/mol. The highest BCUT2D eigenvalue weighted by Crippen LogP contribution is 2.42. The fourth-order valence-corrected chi connectivity index (χ4v) is 4.26. The fraction of sp³-hybridized carbons (Fsp3) is 0.667. The van der Waals surface area contributed by atoms with Gasteiger partial charge in [0.2, 0.25) is 5.91 Å². The molecule has 0 saturated heterocycles. The van der Waals surface area contributed by atoms with Crippen LogP contribution in [-0.4, -0.2) is 35.4 Å². The average molecular weight is 374 g/mol. The van der Waals surface area contributed by atoms with E-state index in [1.807, 2.05) is 24.1 Å². The molecule has 24 heavy (non-hydrogen) atoms. The molecule has 0 aromatic carbocycles. The molecule has 2 atom stereocenters. The quantitative estimate of drug-likeness (QED) is 0.881. The molecule has 3 rings (SSSR count). The van der Waals surface area contributed by atoms with Crippen LogP contribution in [0.15, 0.2) is 24.5 Å². The van der Waals surface area contributed by atoms with Gasteiger partial charge in [-0.05, 0) is 61.6 Å². The molecule has 2 saturated carbocycles. The lowest BCUT2D eigenvalue weighted by Crippen LogP contribution is -2.49. The van der Waals surface area contributed by atoms with E-state index in [0.29, 0.717) is 23.8 Å². The Labute approximate surface area is 157 Å². The van der Waals surface area contributed by atoms with Crippen LogP contribution in [-0.2, 0) is 11.2 Å². The number of carbonyl (C=O) groups is 1. The third kappa shape index (κ3) is 4.84. The van der Waals surface area contributed by atoms with Gasteiger partial charge >= 0.3 is 0 Å². The van der Waals surface area contributed by atoms with E-state index in [2.05, 4.69) is 4.98 Å². The summed E-state index contributed by atoms with van der Waals surface area (Å²) in [5, 5.41) is 0. The van der Waals surface area contributed by atoms with Gasteiger partial charge in [-0.15, -0.1) is 24.8 Å². The van der Waals surface area contributed by atoms with Crippen molar-refractivity contribution in [2.75, 3.05) is 13.6 Å². The smallest absolute Gasteiger partial charge is 0.225 e. The molecule has 2 bridgehead atoms. The Kier molecular flexibility index (Phi) is 8.48. The normalized spacial score (nSPS) is 28.2. The van der Waals surface area contributed by atoms with Gasteiger partial charge in [-0.1, -0.05) is 6.42 Å². The van der Waals surface area contributed by atoms with E-state index in [9.17, 15) is 4.79 Å². The molecule has 1 aromatic heterocycles. The van der Waals surface area contributed by atoms with E-state index >= 15 is 0 Å². The number of rotatable bonds is 4. The number of nitrogens with two attached hydrogens (primary N) is 1. The second kappa shape index (κ2) is 9.59. The number of aromatic nitrogens is 1. The number of carbonyl (C=O) groups excluding carboxylic acids is 1. The summed E-state index contributed by atoms with van der Waals surface area (Å²) in [7, 11) is 1.94. The molecule has 0 radical (unpaired) electrons. The Bertz CT molecular complexity index is 500. The molecule has 1 amide bonds. The van der Waals surface area contributed by atoms with Crippen LogP contribution in [0.5, 0.6) is 0 Å². The van der Waals surface area contributed by atoms with E-state index in [1.54, 1.807) is 12.4 Å². The maximum Gasteiger partial charge on any atom is 0.225 e. The van der Waals surface area contributed by atoms with Crippen LogP contribution in [0.4, 0.5) is 0 Å². The van der Waals surface area contributed by atoms with Gasteiger partial charge in [-0.2, -0.15) is 0 Å². The van der Waals surface area contributed by atoms with Crippen LogP contribution in [0.1, 0.15) is 37.7 Å². The minimum atomic E-state index is 0. The van der Waals surface area contributed by atoms with Crippen LogP contribution in [0.3, 0.4) is 0 Å². The summed E-state index contributed by atoms with van der Waals surface area (Å²) in [6, 6.07) is 4.37. The molecular weight excluding hydrogens is 345 g/mol. The zero-order valence-electron chi connectivity index (χ0n) is 14.3. The summed E-state index contributed by atoms with van der Waals surface area (Å²) in [6.07, 6.45) is 10.2. The lowest BCUT2D eigenvalue weighted by Gasteiger charge is -2.44. The van der Waals surface area contributed by atoms with E-state index in [4.69, 9.17) is 5.73 Å². The Morgan fingerprint density at radius 3 is 2.38 bits per heavy atom. The number of nitrogens with zero attached hydrogens (tertiary/aromatic N) is 2. The van der Waals surface area contributed by atoms with E-state index < -0.39 is 0 Å². The minimum absolute atomic E-state index is 0. The Hall–Kier alpha value is -0.840. The van der Waals surface area contributed by atoms with Crippen molar-refractivity contribution in [1.82, 2.24) is 9.88 Å². The lowest BCUT2D eigenvalue weighted by atomic mass is 9.65. The lowest BCUT2D eigenvalue weighted by molar-refractivity contribution is -0.137. The summed E-state index contributed by atoms with van der Waals surface area (Å²) in [5.74, 6) is 1.64. The van der Waals surface area contributed by atoms with Gasteiger partial charge in [-0.3, -0.25) is 9.78 Å². The van der Waals surface area contributed by atoms with Crippen molar-refractivity contribution < 1.29 is 4.79 Å². The molecule has 6 heteroatoms. The maximum atomic E-state index is 12.7. The summed E-state index contributed by atoms with van der Waals surface area (Å²) >= 11 is 0. The van der Waals surface area contributed by atoms with E-state index in [-0.39, 0.29) is 30.7 Å². The molecule has 1 aromatic rings. The molecular formula is C18H29Cl2N3O. The summed E-state index contributed by atoms with van der Waals surface area (Å²) in [4.78, 5) is 18.7. The number of hydrogen-bond acceptors (Lipinski definition) is 3. The van der Waals surface area contributed by atoms with Gasteiger partial charge in [0.05, 0.1) is 0 Å². The number of halogens is 2. The van der Waals surface area contributed by atoms with Crippen molar-refractivity contribution in [2.24, 2.45) is 23.5 Å². The van der Waals surface area contributed by atoms with Crippen molar-refractivity contribution in [3.8, 4) is 0 Å². The SMILES string of the molecule is CN(CCc1ccncc1)C(=O)C1CC2CCCC(C1)C2N.Cl.Cl. The number of hydrogen-bond donors (Lipinski definition) is 1. The van der Waals surface area contributed by atoms with Crippen molar-refractivity contribution in [3.05, 3.63) is 30.1 Å². The van der Waals surface area contributed by atoms with Crippen molar-refractivity contribution in [1.29, 1.82) is 0 Å². The highest BCUT2D eigenvalue weighted by Gasteiger charge is 2.41. The molecule has 0 spiro atoms. The van der Waals surface area contributed by atoms with Crippen LogP contribution in [0.25, 0.3) is 0 Å². The van der Waals surface area contributed by atoms with Crippen LogP contribution < -0.4 is 5.73 Å². The number of amides is 1. The Balaban J connectivity index is 0.00000144. The van der Waals surface area contributed by atoms with Crippen LogP contribution in [0.2, 0.25) is 0 Å². The third-order valence-corrected chi connectivity index (χ3v) is 5.62. The molecule has 2 aliphatic carbocycles. The number of likely N-dealkylation sites (N-methyl/N-ethyl adjacent to an activating group) is 1. The Morgan fingerprint density at radius 2 is 1.79 bits per heavy atom. The van der Waals surface area contributed by atoms with Crippen molar-refractivity contribution >= 4 is 30.7 Å². The van der Waals surface area contributed by atoms with Crippen LogP contribution >= 0.6 is 24.8 Å². The van der Waals surface area contributed by atoms with Gasteiger partial charge in [0.15, 0.2) is 0 Å². The fourth-order valence-electron chi connectivity index (χ4n) is 4.26. The standard InChI is InChI=1S/C18H27N3O.2ClH/c1-21(10-7-13-5-8-20-9-6-13)18(22)16-11-14-3-2-4-15(12-16)17(14)19;;/h5-6,8-9,14-17H,2-4,7,10-12,19H2,1H3;2*1H. The maximum absolute atomic E-state index is 12.7. The largest absolute Gasteiger partial charge is 0.345 e. The zero-order valence-corrected chi connectivity index (χ0v) is 15.9. The first-order valence-electron chi connectivity index (χ1n) is 8.54. The van der Waals surface area contributed by atoms with Gasteiger partial charge < -0.3 is 10.6 Å². The van der Waals surface area contributed by atoms with E-state index in [1.165, 1.54) is 24.8 Å². The summed E-state index contributed by atoms with van der Waals surface area (Å²) in [6.45, 7) is 0.779. The molecule has 4 nitrogen and oxygen atoms in total. The summed E-state index contributed by atoms with van der Waals surface area (Å²) < 4.78 is 0. The molecule has 2 aliphatic rings. The van der Waals surface area contributed by atoms with Gasteiger partial charge in [0.1, 0.15) is 0 Å². The molecule has 2 unspecified atom stereocenters. The second-order valence-electron chi connectivity index (χ2n) is 7.06. The first-order valence-corrected chi connectivity index (χ1v) is 8.54. The van der Waals surface area contributed by atoms with Crippen molar-refractivity contribution in [3.63, 3.8) is 0 Å². The third-order valence-electron chi connectivity index (χ3n) is 5.62. The predicted octanol–water partition coefficient (Wildman–Crippen LogP) is 3.08. The Morgan fingerprint density at radius 1 is 1.21 bits per heavy atom. The first-order chi connectivity index (χ1) is 10.6. The van der Waals surface area contributed by atoms with Crippen molar-refractivity contribution in [2.45, 2.75) is 44.6 Å². The topological polar surface area (TPSA) is 59.2 Å². The molecule has 2 fully saturated rings. The van der Waals surface area contributed by atoms with Gasteiger partial charge in [-0.25, -0.2) is 0 Å². The molecule has 2 N–H and O–H groups in total. The number of fused-ring (bicyclic) bond motifs is 2. The van der Waals surface area contributed by atoms with Crippen LogP contribution in [0, 0.1) is 17.8 Å².